The zero-order chi connectivity index (χ0) is 26.1. The summed E-state index contributed by atoms with van der Waals surface area (Å²) in [7, 11) is 1.54. The van der Waals surface area contributed by atoms with Crippen molar-refractivity contribution in [2.24, 2.45) is 0 Å². The van der Waals surface area contributed by atoms with E-state index in [4.69, 9.17) is 9.84 Å². The van der Waals surface area contributed by atoms with Crippen LogP contribution in [0.3, 0.4) is 0 Å². The molecule has 5 rings (SSSR count). The number of carbonyl (C=O) groups is 3. The second-order valence-electron chi connectivity index (χ2n) is 8.74. The number of aliphatic hydroxyl groups excluding tert-OH is 1. The van der Waals surface area contributed by atoms with Gasteiger partial charge < -0.3 is 14.9 Å². The lowest BCUT2D eigenvalue weighted by atomic mass is 9.94. The molecule has 0 radical (unpaired) electrons. The van der Waals surface area contributed by atoms with Crippen LogP contribution in [0.4, 0.5) is 5.69 Å². The quantitative estimate of drug-likeness (QED) is 0.220. The van der Waals surface area contributed by atoms with Gasteiger partial charge >= 0.3 is 5.97 Å². The number of ketones is 1. The number of carboxylic acids is 1. The molecule has 1 heterocycles. The van der Waals surface area contributed by atoms with Crippen molar-refractivity contribution in [1.29, 1.82) is 0 Å². The van der Waals surface area contributed by atoms with E-state index >= 15 is 0 Å². The summed E-state index contributed by atoms with van der Waals surface area (Å²) < 4.78 is 5.26. The highest BCUT2D eigenvalue weighted by Crippen LogP contribution is 2.42. The second kappa shape index (κ2) is 9.62. The Kier molecular flexibility index (Phi) is 6.19. The number of carboxylic acid groups (broad SMARTS) is 1. The molecule has 1 aliphatic rings. The zero-order valence-electron chi connectivity index (χ0n) is 19.9. The van der Waals surface area contributed by atoms with E-state index in [2.05, 4.69) is 0 Å². The molecule has 4 aromatic rings. The molecule has 0 bridgehead atoms. The number of aliphatic carboxylic acids is 1. The summed E-state index contributed by atoms with van der Waals surface area (Å²) in [6.07, 6.45) is -0.164. The molecule has 0 aromatic heterocycles. The van der Waals surface area contributed by atoms with Crippen LogP contribution >= 0.6 is 0 Å². The molecule has 4 aromatic carbocycles. The molecular weight excluding hydrogens is 470 g/mol. The van der Waals surface area contributed by atoms with Gasteiger partial charge in [-0.25, -0.2) is 0 Å². The topological polar surface area (TPSA) is 104 Å². The van der Waals surface area contributed by atoms with E-state index in [-0.39, 0.29) is 17.8 Å². The fourth-order valence-corrected chi connectivity index (χ4v) is 4.64. The van der Waals surface area contributed by atoms with Gasteiger partial charge in [-0.2, -0.15) is 0 Å². The summed E-state index contributed by atoms with van der Waals surface area (Å²) >= 11 is 0. The number of carbonyl (C=O) groups excluding carboxylic acids is 2. The van der Waals surface area contributed by atoms with E-state index in [0.717, 1.165) is 10.8 Å². The number of Topliss-reactive ketones (excluding diaryl/α,β-unsaturated/α-hetero) is 1. The first-order valence-corrected chi connectivity index (χ1v) is 11.6. The minimum atomic E-state index is -0.971. The fourth-order valence-electron chi connectivity index (χ4n) is 4.64. The number of hydrogen-bond acceptors (Lipinski definition) is 5. The summed E-state index contributed by atoms with van der Waals surface area (Å²) in [6, 6.07) is 25.5. The van der Waals surface area contributed by atoms with Crippen molar-refractivity contribution in [2.45, 2.75) is 12.5 Å². The van der Waals surface area contributed by atoms with Crippen molar-refractivity contribution in [1.82, 2.24) is 0 Å². The Morgan fingerprint density at radius 3 is 2.19 bits per heavy atom. The number of hydrogen-bond donors (Lipinski definition) is 2. The van der Waals surface area contributed by atoms with Crippen LogP contribution in [0, 0.1) is 0 Å². The largest absolute Gasteiger partial charge is 0.507 e. The monoisotopic (exact) mass is 493 g/mol. The Morgan fingerprint density at radius 2 is 1.54 bits per heavy atom. The molecule has 1 saturated heterocycles. The van der Waals surface area contributed by atoms with Crippen LogP contribution < -0.4 is 9.64 Å². The van der Waals surface area contributed by atoms with Crippen molar-refractivity contribution in [3.05, 3.63) is 113 Å². The molecule has 37 heavy (non-hydrogen) atoms. The van der Waals surface area contributed by atoms with Gasteiger partial charge in [-0.05, 0) is 52.2 Å². The smallest absolute Gasteiger partial charge is 0.307 e. The van der Waals surface area contributed by atoms with Gasteiger partial charge in [0.1, 0.15) is 11.5 Å². The lowest BCUT2D eigenvalue weighted by Crippen LogP contribution is -2.29. The Hall–Kier alpha value is -4.91. The number of fused-ring (bicyclic) bond motifs is 1. The van der Waals surface area contributed by atoms with Crippen molar-refractivity contribution >= 4 is 39.9 Å². The Bertz CT molecular complexity index is 1550. The van der Waals surface area contributed by atoms with E-state index in [0.29, 0.717) is 28.1 Å². The van der Waals surface area contributed by atoms with Crippen molar-refractivity contribution in [3.63, 3.8) is 0 Å². The molecule has 0 saturated carbocycles. The third-order valence-corrected chi connectivity index (χ3v) is 6.47. The van der Waals surface area contributed by atoms with Gasteiger partial charge in [0.2, 0.25) is 0 Å². The van der Waals surface area contributed by atoms with E-state index in [1.807, 2.05) is 30.3 Å². The number of benzene rings is 4. The predicted molar refractivity (Wildman–Crippen MR) is 140 cm³/mol. The number of methoxy groups -OCH3 is 1. The summed E-state index contributed by atoms with van der Waals surface area (Å²) in [5, 5.41) is 22.3. The molecule has 0 spiro atoms. The molecule has 7 nitrogen and oxygen atoms in total. The highest BCUT2D eigenvalue weighted by Gasteiger charge is 2.47. The third-order valence-electron chi connectivity index (χ3n) is 6.47. The van der Waals surface area contributed by atoms with E-state index < -0.39 is 23.7 Å². The van der Waals surface area contributed by atoms with Gasteiger partial charge in [0.15, 0.2) is 0 Å². The van der Waals surface area contributed by atoms with Crippen molar-refractivity contribution < 1.29 is 29.3 Å². The highest BCUT2D eigenvalue weighted by molar-refractivity contribution is 6.51. The standard InChI is InChI=1S/C30H23NO6/c1-37-24-14-10-20(11-15-24)27-26(28(34)22-9-8-19-4-2-3-5-21(19)17-22)29(35)30(36)31(27)23-12-6-18(7-13-23)16-25(32)33/h2-15,17,27,34H,16H2,1H3,(H,32,33)/b28-26-. The summed E-state index contributed by atoms with van der Waals surface area (Å²) in [5.41, 5.74) is 1.98. The van der Waals surface area contributed by atoms with Crippen LogP contribution in [0.1, 0.15) is 22.7 Å². The Labute approximate surface area is 212 Å². The average molecular weight is 494 g/mol. The Morgan fingerprint density at radius 1 is 0.865 bits per heavy atom. The first kappa shape index (κ1) is 23.8. The second-order valence-corrected chi connectivity index (χ2v) is 8.74. The van der Waals surface area contributed by atoms with Gasteiger partial charge in [0.25, 0.3) is 11.7 Å². The molecule has 1 unspecified atom stereocenters. The summed E-state index contributed by atoms with van der Waals surface area (Å²) in [6.45, 7) is 0. The maximum absolute atomic E-state index is 13.4. The van der Waals surface area contributed by atoms with Gasteiger partial charge in [-0.1, -0.05) is 60.7 Å². The first-order valence-electron chi connectivity index (χ1n) is 11.6. The Balaban J connectivity index is 1.66. The predicted octanol–water partition coefficient (Wildman–Crippen LogP) is 5.10. The normalized spacial score (nSPS) is 16.8. The number of anilines is 1. The summed E-state index contributed by atoms with van der Waals surface area (Å²) in [4.78, 5) is 39.1. The van der Waals surface area contributed by atoms with Gasteiger partial charge in [0, 0.05) is 11.3 Å². The minimum Gasteiger partial charge on any atom is -0.507 e. The van der Waals surface area contributed by atoms with Crippen LogP contribution in [0.5, 0.6) is 5.75 Å². The van der Waals surface area contributed by atoms with Crippen molar-refractivity contribution in [3.8, 4) is 5.75 Å². The molecular formula is C30H23NO6. The van der Waals surface area contributed by atoms with E-state index in [1.54, 1.807) is 67.8 Å². The molecule has 184 valence electrons. The molecule has 1 aliphatic heterocycles. The first-order chi connectivity index (χ1) is 17.9. The van der Waals surface area contributed by atoms with Crippen LogP contribution in [-0.2, 0) is 20.8 Å². The average Bonchev–Trinajstić information content (AvgIpc) is 3.18. The fraction of sp³-hybridized carbons (Fsp3) is 0.100. The van der Waals surface area contributed by atoms with Gasteiger partial charge in [0.05, 0.1) is 25.1 Å². The number of amides is 1. The maximum Gasteiger partial charge on any atom is 0.307 e. The van der Waals surface area contributed by atoms with Gasteiger partial charge in [-0.15, -0.1) is 0 Å². The number of rotatable bonds is 6. The highest BCUT2D eigenvalue weighted by atomic mass is 16.5. The number of nitrogens with zero attached hydrogens (tertiary/aromatic N) is 1. The van der Waals surface area contributed by atoms with E-state index in [9.17, 15) is 19.5 Å². The molecule has 1 amide bonds. The van der Waals surface area contributed by atoms with Crippen LogP contribution in [0.2, 0.25) is 0 Å². The third kappa shape index (κ3) is 4.43. The molecule has 0 aliphatic carbocycles. The number of aliphatic hydroxyl groups is 1. The SMILES string of the molecule is COc1ccc(C2/C(=C(/O)c3ccc4ccccc4c3)C(=O)C(=O)N2c2ccc(CC(=O)O)cc2)cc1. The van der Waals surface area contributed by atoms with Crippen molar-refractivity contribution in [2.75, 3.05) is 12.0 Å². The zero-order valence-corrected chi connectivity index (χ0v) is 19.9. The molecule has 2 N–H and O–H groups in total. The lowest BCUT2D eigenvalue weighted by Gasteiger charge is -2.25. The van der Waals surface area contributed by atoms with Crippen LogP contribution in [-0.4, -0.2) is 35.0 Å². The van der Waals surface area contributed by atoms with Crippen LogP contribution in [0.25, 0.3) is 16.5 Å². The van der Waals surface area contributed by atoms with Crippen LogP contribution in [0.15, 0.2) is 96.6 Å². The van der Waals surface area contributed by atoms with E-state index in [1.165, 1.54) is 4.90 Å². The lowest BCUT2D eigenvalue weighted by molar-refractivity contribution is -0.136. The molecule has 1 atom stereocenters. The molecule has 1 fully saturated rings. The summed E-state index contributed by atoms with van der Waals surface area (Å²) in [5.74, 6) is -2.22. The number of ether oxygens (including phenoxy) is 1. The van der Waals surface area contributed by atoms with Gasteiger partial charge in [-0.3, -0.25) is 19.3 Å². The molecule has 7 heteroatoms. The minimum absolute atomic E-state index is 0.0277. The maximum atomic E-state index is 13.4.